The molecule has 0 spiro atoms. The minimum Gasteiger partial charge on any atom is -0.458 e. The van der Waals surface area contributed by atoms with E-state index < -0.39 is 82.5 Å². The number of aromatic nitrogens is 2. The van der Waals surface area contributed by atoms with Crippen LogP contribution in [0.25, 0.3) is 22.3 Å². The molecule has 5 heterocycles. The number of ketones is 1. The summed E-state index contributed by atoms with van der Waals surface area (Å²) in [5.41, 5.74) is 7.40. The summed E-state index contributed by atoms with van der Waals surface area (Å²) in [4.78, 5) is 140. The standard InChI is InChI=1S/C58H67FN10O13S/c1-7-46(72)66-28-67(47(73)8-2)30-68(29-66)48(74)18-20-83-27-45(71)65-51(31(4)5)44(70)21-34(11-10-19-61-56(60)78)53(75)62-35-14-12-33(13-15-35)25-82-57(79)64-41-17-16-36-32(6)40(59)23-42-49(36)50(41)37-24-69-43(52(37)63-42)22-39-38(54(69)76)26-81-55(77)58(39,80)9-3/h7-8,12-15,22-23,31,34,41,51,80H,1-2,9-11,16-21,24-30H2,3-6H3,(H,62,75)(H,64,79)(H,65,71)(H3,60,61,78)/t34-,41+,51+,58+/m1/s1. The number of anilines is 1. The monoisotopic (exact) mass is 1160 g/mol. The first kappa shape index (κ1) is 60.6. The summed E-state index contributed by atoms with van der Waals surface area (Å²) < 4.78 is 27.9. The summed E-state index contributed by atoms with van der Waals surface area (Å²) in [6.07, 6.45) is 2.34. The number of carbonyl (C=O) groups excluding carboxylic acids is 9. The van der Waals surface area contributed by atoms with Crippen LogP contribution in [0.3, 0.4) is 0 Å². The van der Waals surface area contributed by atoms with Crippen molar-refractivity contribution < 1.29 is 62.1 Å². The average molecular weight is 1160 g/mol. The summed E-state index contributed by atoms with van der Waals surface area (Å²) in [5, 5.41) is 23.2. The number of halogens is 1. The molecule has 1 fully saturated rings. The number of thioether (sulfide) groups is 1. The fourth-order valence-electron chi connectivity index (χ4n) is 11.0. The summed E-state index contributed by atoms with van der Waals surface area (Å²) in [6.45, 7) is 13.3. The van der Waals surface area contributed by atoms with Gasteiger partial charge < -0.3 is 60.8 Å². The van der Waals surface area contributed by atoms with E-state index in [0.29, 0.717) is 69.5 Å². The molecule has 1 aliphatic carbocycles. The third-order valence-corrected chi connectivity index (χ3v) is 16.4. The maximum absolute atomic E-state index is 15.5. The molecule has 25 heteroatoms. The van der Waals surface area contributed by atoms with Crippen molar-refractivity contribution in [3.8, 4) is 11.4 Å². The quantitative estimate of drug-likeness (QED) is 0.0318. The molecular formula is C58H67FN10O13S. The number of carbonyl (C=O) groups is 9. The fourth-order valence-corrected chi connectivity index (χ4v) is 11.7. The van der Waals surface area contributed by atoms with Crippen LogP contribution in [-0.2, 0) is 74.8 Å². The maximum atomic E-state index is 15.5. The number of fused-ring (bicyclic) bond motifs is 5. The van der Waals surface area contributed by atoms with Crippen LogP contribution >= 0.6 is 11.8 Å². The van der Waals surface area contributed by atoms with Crippen LogP contribution in [0.1, 0.15) is 104 Å². The molecule has 4 aromatic rings. The highest BCUT2D eigenvalue weighted by atomic mass is 32.2. The van der Waals surface area contributed by atoms with E-state index in [4.69, 9.17) is 20.2 Å². The van der Waals surface area contributed by atoms with Crippen molar-refractivity contribution in [3.05, 3.63) is 117 Å². The minimum absolute atomic E-state index is 0.00564. The third-order valence-electron chi connectivity index (χ3n) is 15.5. The summed E-state index contributed by atoms with van der Waals surface area (Å²) in [6, 6.07) is 7.03. The molecule has 4 atom stereocenters. The summed E-state index contributed by atoms with van der Waals surface area (Å²) in [5.74, 6) is -5.09. The third kappa shape index (κ3) is 13.1. The average Bonchev–Trinajstić information content (AvgIpc) is 2.48. The van der Waals surface area contributed by atoms with E-state index in [9.17, 15) is 53.1 Å². The van der Waals surface area contributed by atoms with Crippen LogP contribution in [0, 0.1) is 24.6 Å². The lowest BCUT2D eigenvalue weighted by molar-refractivity contribution is -0.172. The van der Waals surface area contributed by atoms with Crippen LogP contribution in [0.2, 0.25) is 0 Å². The molecule has 0 bridgehead atoms. The molecule has 23 nitrogen and oxygen atoms in total. The fraction of sp³-hybridized carbons (Fsp3) is 0.431. The number of ether oxygens (including phenoxy) is 2. The van der Waals surface area contributed by atoms with Gasteiger partial charge >= 0.3 is 18.1 Å². The Hall–Kier alpha value is -8.45. The highest BCUT2D eigenvalue weighted by Crippen LogP contribution is 2.46. The largest absolute Gasteiger partial charge is 0.458 e. The molecule has 0 saturated carbocycles. The van der Waals surface area contributed by atoms with Crippen LogP contribution in [0.4, 0.5) is 19.7 Å². The molecule has 0 radical (unpaired) electrons. The number of esters is 1. The van der Waals surface area contributed by atoms with E-state index >= 15 is 4.39 Å². The number of hydrogen-bond donors (Lipinski definition) is 6. The van der Waals surface area contributed by atoms with Gasteiger partial charge in [0.1, 0.15) is 19.0 Å². The molecular weight excluding hydrogens is 1100 g/mol. The number of pyridine rings is 2. The second-order valence-corrected chi connectivity index (χ2v) is 22.3. The molecule has 83 heavy (non-hydrogen) atoms. The van der Waals surface area contributed by atoms with Crippen molar-refractivity contribution in [2.45, 2.75) is 110 Å². The zero-order chi connectivity index (χ0) is 60.0. The number of Topliss-reactive ketones (excluding diaryl/α,β-unsaturated/α-hetero) is 1. The first-order chi connectivity index (χ1) is 39.6. The predicted octanol–water partition coefficient (Wildman–Crippen LogP) is 4.41. The van der Waals surface area contributed by atoms with Gasteiger partial charge in [0.2, 0.25) is 29.5 Å². The number of nitrogens with one attached hydrogen (secondary N) is 4. The van der Waals surface area contributed by atoms with Crippen LogP contribution in [-0.4, -0.2) is 127 Å². The normalized spacial score (nSPS) is 17.5. The van der Waals surface area contributed by atoms with E-state index in [1.807, 2.05) is 0 Å². The van der Waals surface area contributed by atoms with Crippen LogP contribution in [0.5, 0.6) is 0 Å². The van der Waals surface area contributed by atoms with Crippen LogP contribution in [0.15, 0.2) is 66.5 Å². The predicted molar refractivity (Wildman–Crippen MR) is 303 cm³/mol. The zero-order valence-corrected chi connectivity index (χ0v) is 47.4. The second-order valence-electron chi connectivity index (χ2n) is 21.2. The van der Waals surface area contributed by atoms with Crippen molar-refractivity contribution in [1.82, 2.24) is 40.2 Å². The molecule has 7 N–H and O–H groups in total. The van der Waals surface area contributed by atoms with Crippen molar-refractivity contribution in [1.29, 1.82) is 0 Å². The number of hydrogen-bond acceptors (Lipinski definition) is 15. The maximum Gasteiger partial charge on any atom is 0.407 e. The number of primary amides is 1. The molecule has 8 amide bonds. The van der Waals surface area contributed by atoms with Gasteiger partial charge in [-0.05, 0) is 97.6 Å². The van der Waals surface area contributed by atoms with Crippen molar-refractivity contribution in [2.75, 3.05) is 43.4 Å². The van der Waals surface area contributed by atoms with Gasteiger partial charge in [-0.25, -0.2) is 23.8 Å². The van der Waals surface area contributed by atoms with E-state index in [0.717, 1.165) is 29.5 Å². The number of nitrogens with two attached hydrogens (primary N) is 1. The van der Waals surface area contributed by atoms with E-state index in [1.165, 1.54) is 25.3 Å². The first-order valence-electron chi connectivity index (χ1n) is 27.2. The Morgan fingerprint density at radius 2 is 1.67 bits per heavy atom. The van der Waals surface area contributed by atoms with Gasteiger partial charge in [0.25, 0.3) is 5.56 Å². The van der Waals surface area contributed by atoms with Gasteiger partial charge in [-0.15, -0.1) is 0 Å². The second kappa shape index (κ2) is 25.8. The minimum atomic E-state index is -2.05. The van der Waals surface area contributed by atoms with Gasteiger partial charge in [0.05, 0.1) is 66.9 Å². The lowest BCUT2D eigenvalue weighted by Gasteiger charge is -2.41. The van der Waals surface area contributed by atoms with E-state index in [1.54, 1.807) is 58.0 Å². The first-order valence-corrected chi connectivity index (χ1v) is 28.4. The number of benzene rings is 2. The number of rotatable bonds is 22. The van der Waals surface area contributed by atoms with E-state index in [-0.39, 0.29) is 106 Å². The molecule has 0 unspecified atom stereocenters. The number of aliphatic hydroxyl groups is 1. The Labute approximate surface area is 481 Å². The number of urea groups is 1. The van der Waals surface area contributed by atoms with Crippen molar-refractivity contribution in [3.63, 3.8) is 0 Å². The summed E-state index contributed by atoms with van der Waals surface area (Å²) in [7, 11) is 0. The Bertz CT molecular complexity index is 3360. The van der Waals surface area contributed by atoms with Gasteiger partial charge in [0.15, 0.2) is 11.4 Å². The highest BCUT2D eigenvalue weighted by molar-refractivity contribution is 7.99. The molecule has 3 aliphatic heterocycles. The lowest BCUT2D eigenvalue weighted by Crippen LogP contribution is -2.59. The Morgan fingerprint density at radius 3 is 2.33 bits per heavy atom. The zero-order valence-electron chi connectivity index (χ0n) is 46.6. The molecule has 440 valence electrons. The number of alkyl carbamates (subject to hydrolysis) is 1. The molecule has 2 aromatic carbocycles. The SMILES string of the molecule is C=CC(=O)N1CN(C(=O)C=C)CN(C(=O)CCSCC(=O)N[C@H](C(=O)C[C@@H](CCCNC(N)=O)C(=O)Nc2ccc(COC(=O)N[C@H]3CCc4c(C)c(F)cc5nc6c(c3c45)Cn3c-6cc4c(c3=O)COC(=O)[C@]4(O)CC)cc2)C(C)C)C1. The van der Waals surface area contributed by atoms with Crippen molar-refractivity contribution in [2.24, 2.45) is 17.6 Å². The molecule has 8 rings (SSSR count). The summed E-state index contributed by atoms with van der Waals surface area (Å²) >= 11 is 1.16. The number of cyclic esters (lactones) is 1. The number of aryl methyl sites for hydroxylation is 1. The highest BCUT2D eigenvalue weighted by Gasteiger charge is 2.46. The van der Waals surface area contributed by atoms with Crippen molar-refractivity contribution >= 4 is 81.8 Å². The molecule has 4 aliphatic rings. The Morgan fingerprint density at radius 1 is 0.988 bits per heavy atom. The van der Waals surface area contributed by atoms with Crippen LogP contribution < -0.4 is 32.6 Å². The van der Waals surface area contributed by atoms with Gasteiger partial charge in [0, 0.05) is 59.3 Å². The van der Waals surface area contributed by atoms with Gasteiger partial charge in [-0.1, -0.05) is 46.1 Å². The number of nitrogens with zero attached hydrogens (tertiary/aromatic N) is 5. The number of amides is 8. The Balaban J connectivity index is 0.877. The van der Waals surface area contributed by atoms with Gasteiger partial charge in [-0.2, -0.15) is 11.8 Å². The molecule has 2 aromatic heterocycles. The smallest absolute Gasteiger partial charge is 0.407 e. The Kier molecular flexibility index (Phi) is 18.8. The lowest BCUT2D eigenvalue weighted by atomic mass is 9.81. The van der Waals surface area contributed by atoms with E-state index in [2.05, 4.69) is 34.4 Å². The topological polar surface area (TPSA) is 311 Å². The molecule has 1 saturated heterocycles. The van der Waals surface area contributed by atoms with Gasteiger partial charge in [-0.3, -0.25) is 33.6 Å².